The fourth-order valence-corrected chi connectivity index (χ4v) is 3.27. The van der Waals surface area contributed by atoms with Crippen LogP contribution in [0.25, 0.3) is 0 Å². The van der Waals surface area contributed by atoms with Gasteiger partial charge in [0.1, 0.15) is 5.82 Å². The van der Waals surface area contributed by atoms with Gasteiger partial charge in [0, 0.05) is 10.5 Å². The smallest absolute Gasteiger partial charge is 0.232 e. The topological polar surface area (TPSA) is 58.2 Å². The van der Waals surface area contributed by atoms with E-state index in [1.165, 1.54) is 12.1 Å². The van der Waals surface area contributed by atoms with Gasteiger partial charge in [0.15, 0.2) is 0 Å². The second-order valence-electron chi connectivity index (χ2n) is 4.86. The third-order valence-electron chi connectivity index (χ3n) is 2.59. The van der Waals surface area contributed by atoms with E-state index in [0.717, 1.165) is 19.0 Å². The van der Waals surface area contributed by atoms with Gasteiger partial charge in [-0.1, -0.05) is 13.8 Å². The Morgan fingerprint density at radius 3 is 2.65 bits per heavy atom. The summed E-state index contributed by atoms with van der Waals surface area (Å²) in [6.45, 7) is 4.87. The lowest BCUT2D eigenvalue weighted by molar-refractivity contribution is 0.561. The molecule has 0 saturated carbocycles. The van der Waals surface area contributed by atoms with Crippen LogP contribution < -0.4 is 10.0 Å². The minimum atomic E-state index is -3.45. The third-order valence-corrected chi connectivity index (χ3v) is 4.63. The first kappa shape index (κ1) is 17.4. The van der Waals surface area contributed by atoms with E-state index in [-0.39, 0.29) is 11.4 Å². The van der Waals surface area contributed by atoms with Gasteiger partial charge in [0.05, 0.1) is 11.4 Å². The molecule has 0 unspecified atom stereocenters. The number of benzene rings is 1. The summed E-state index contributed by atoms with van der Waals surface area (Å²) in [6.07, 6.45) is 1.34. The average Bonchev–Trinajstić information content (AvgIpc) is 2.32. The van der Waals surface area contributed by atoms with Crippen LogP contribution >= 0.6 is 15.9 Å². The first-order chi connectivity index (χ1) is 9.30. The third kappa shape index (κ3) is 6.67. The maximum absolute atomic E-state index is 13.1. The van der Waals surface area contributed by atoms with E-state index in [0.29, 0.717) is 16.9 Å². The zero-order valence-electron chi connectivity index (χ0n) is 11.6. The van der Waals surface area contributed by atoms with E-state index >= 15 is 0 Å². The van der Waals surface area contributed by atoms with E-state index in [1.54, 1.807) is 0 Å². The van der Waals surface area contributed by atoms with Gasteiger partial charge >= 0.3 is 0 Å². The molecule has 0 radical (unpaired) electrons. The second kappa shape index (κ2) is 7.95. The van der Waals surface area contributed by atoms with Crippen LogP contribution in [0.4, 0.5) is 10.1 Å². The molecule has 0 aliphatic heterocycles. The normalized spacial score (nSPS) is 11.8. The van der Waals surface area contributed by atoms with Gasteiger partial charge in [-0.15, -0.1) is 0 Å². The molecule has 114 valence electrons. The maximum atomic E-state index is 13.1. The average molecular weight is 367 g/mol. The molecule has 0 heterocycles. The fraction of sp³-hybridized carbons (Fsp3) is 0.538. The number of unbranched alkanes of at least 4 members (excludes halogenated alkanes) is 1. The molecule has 20 heavy (non-hydrogen) atoms. The van der Waals surface area contributed by atoms with Crippen molar-refractivity contribution in [2.45, 2.75) is 32.7 Å². The number of anilines is 1. The largest absolute Gasteiger partial charge is 0.315 e. The number of hydrogen-bond donors (Lipinski definition) is 2. The van der Waals surface area contributed by atoms with E-state index < -0.39 is 15.8 Å². The highest BCUT2D eigenvalue weighted by atomic mass is 79.9. The van der Waals surface area contributed by atoms with Crippen LogP contribution in [0, 0.1) is 5.82 Å². The molecule has 0 aliphatic rings. The second-order valence-corrected chi connectivity index (χ2v) is 7.56. The van der Waals surface area contributed by atoms with Crippen LogP contribution in [0.5, 0.6) is 0 Å². The van der Waals surface area contributed by atoms with Gasteiger partial charge in [0.25, 0.3) is 0 Å². The van der Waals surface area contributed by atoms with E-state index in [1.807, 2.05) is 13.8 Å². The summed E-state index contributed by atoms with van der Waals surface area (Å²) in [4.78, 5) is 0. The molecule has 0 aliphatic carbocycles. The van der Waals surface area contributed by atoms with Crippen molar-refractivity contribution in [3.63, 3.8) is 0 Å². The Morgan fingerprint density at radius 2 is 2.00 bits per heavy atom. The number of halogens is 2. The van der Waals surface area contributed by atoms with Crippen LogP contribution in [0.3, 0.4) is 0 Å². The summed E-state index contributed by atoms with van der Waals surface area (Å²) in [5.74, 6) is -0.456. The molecule has 0 spiro atoms. The SMILES string of the molecule is CC(C)NCCCCS(=O)(=O)Nc1cc(F)ccc1Br. The molecule has 1 aromatic rings. The molecule has 0 aromatic heterocycles. The fourth-order valence-electron chi connectivity index (χ4n) is 1.60. The van der Waals surface area contributed by atoms with Crippen molar-refractivity contribution in [1.29, 1.82) is 0 Å². The van der Waals surface area contributed by atoms with E-state index in [9.17, 15) is 12.8 Å². The predicted molar refractivity (Wildman–Crippen MR) is 83.9 cm³/mol. The van der Waals surface area contributed by atoms with E-state index in [4.69, 9.17) is 0 Å². The summed E-state index contributed by atoms with van der Waals surface area (Å²) < 4.78 is 39.8. The Hall–Kier alpha value is -0.660. The van der Waals surface area contributed by atoms with Gasteiger partial charge < -0.3 is 5.32 Å². The molecule has 4 nitrogen and oxygen atoms in total. The minimum Gasteiger partial charge on any atom is -0.315 e. The van der Waals surface area contributed by atoms with Gasteiger partial charge in [-0.05, 0) is 53.5 Å². The molecule has 0 amide bonds. The molecular formula is C13H20BrFN2O2S. The summed E-state index contributed by atoms with van der Waals surface area (Å²) in [6, 6.07) is 4.29. The molecule has 1 aromatic carbocycles. The Balaban J connectivity index is 2.47. The van der Waals surface area contributed by atoms with Gasteiger partial charge in [-0.2, -0.15) is 0 Å². The Bertz CT molecular complexity index is 535. The molecule has 1 rings (SSSR count). The standard InChI is InChI=1S/C13H20BrFN2O2S/c1-10(2)16-7-3-4-8-20(18,19)17-13-9-11(15)5-6-12(13)14/h5-6,9-10,16-17H,3-4,7-8H2,1-2H3. The lowest BCUT2D eigenvalue weighted by Gasteiger charge is -2.10. The van der Waals surface area contributed by atoms with Crippen molar-refractivity contribution in [3.05, 3.63) is 28.5 Å². The lowest BCUT2D eigenvalue weighted by atomic mass is 10.3. The molecule has 0 bridgehead atoms. The number of rotatable bonds is 8. The Kier molecular flexibility index (Phi) is 6.91. The first-order valence-corrected chi connectivity index (χ1v) is 8.93. The van der Waals surface area contributed by atoms with Crippen molar-refractivity contribution in [2.75, 3.05) is 17.0 Å². The molecule has 7 heteroatoms. The van der Waals surface area contributed by atoms with Crippen molar-refractivity contribution in [3.8, 4) is 0 Å². The monoisotopic (exact) mass is 366 g/mol. The van der Waals surface area contributed by atoms with Crippen molar-refractivity contribution in [2.24, 2.45) is 0 Å². The van der Waals surface area contributed by atoms with E-state index in [2.05, 4.69) is 26.0 Å². The predicted octanol–water partition coefficient (Wildman–Crippen LogP) is 3.11. The van der Waals surface area contributed by atoms with Crippen LogP contribution in [0.15, 0.2) is 22.7 Å². The quantitative estimate of drug-likeness (QED) is 0.695. The zero-order chi connectivity index (χ0) is 15.2. The number of nitrogens with one attached hydrogen (secondary N) is 2. The number of hydrogen-bond acceptors (Lipinski definition) is 3. The van der Waals surface area contributed by atoms with Crippen molar-refractivity contribution < 1.29 is 12.8 Å². The van der Waals surface area contributed by atoms with Gasteiger partial charge in [0.2, 0.25) is 10.0 Å². The maximum Gasteiger partial charge on any atom is 0.232 e. The summed E-state index contributed by atoms with van der Waals surface area (Å²) in [5, 5.41) is 3.23. The Morgan fingerprint density at radius 1 is 1.30 bits per heavy atom. The zero-order valence-corrected chi connectivity index (χ0v) is 14.0. The van der Waals surface area contributed by atoms with Crippen LogP contribution in [0.2, 0.25) is 0 Å². The molecular weight excluding hydrogens is 347 g/mol. The Labute approximate surface area is 128 Å². The van der Waals surface area contributed by atoms with Gasteiger partial charge in [-0.3, -0.25) is 4.72 Å². The highest BCUT2D eigenvalue weighted by Crippen LogP contribution is 2.24. The van der Waals surface area contributed by atoms with Crippen LogP contribution in [0.1, 0.15) is 26.7 Å². The lowest BCUT2D eigenvalue weighted by Crippen LogP contribution is -2.24. The first-order valence-electron chi connectivity index (χ1n) is 6.49. The molecule has 0 atom stereocenters. The molecule has 2 N–H and O–H groups in total. The molecule has 0 fully saturated rings. The summed E-state index contributed by atoms with van der Waals surface area (Å²) >= 11 is 3.19. The highest BCUT2D eigenvalue weighted by molar-refractivity contribution is 9.10. The molecule has 0 saturated heterocycles. The minimum absolute atomic E-state index is 0.0235. The van der Waals surface area contributed by atoms with Gasteiger partial charge in [-0.25, -0.2) is 12.8 Å². The van der Waals surface area contributed by atoms with Crippen LogP contribution in [-0.2, 0) is 10.0 Å². The van der Waals surface area contributed by atoms with Crippen molar-refractivity contribution in [1.82, 2.24) is 5.32 Å². The highest BCUT2D eigenvalue weighted by Gasteiger charge is 2.12. The van der Waals surface area contributed by atoms with Crippen molar-refractivity contribution >= 4 is 31.6 Å². The number of sulfonamides is 1. The summed E-state index contributed by atoms with van der Waals surface area (Å²) in [5.41, 5.74) is 0.227. The van der Waals surface area contributed by atoms with Crippen LogP contribution in [-0.4, -0.2) is 26.8 Å². The summed E-state index contributed by atoms with van der Waals surface area (Å²) in [7, 11) is -3.45.